The number of alkyl carbamates (subject to hydrolysis) is 1. The lowest BCUT2D eigenvalue weighted by atomic mass is 9.90. The summed E-state index contributed by atoms with van der Waals surface area (Å²) in [6.07, 6.45) is 3.72. The van der Waals surface area contributed by atoms with Gasteiger partial charge in [0.15, 0.2) is 0 Å². The van der Waals surface area contributed by atoms with Crippen LogP contribution in [0.1, 0.15) is 103 Å². The standard InChI is InChI=1S/C29H46N4O5/c1-18-13-12-16-21(19(18)2)24(25(35)31-20-14-10-9-11-15-20)33(28(3,4)5)26(36)22(17-23(30)34)32-27(37)38-29(6,7)8/h12-13,16,20,22,24H,9-11,14-15,17H2,1-8H3,(H2,30,34)(H,31,35)(H,32,37). The fraction of sp³-hybridized carbons (Fsp3) is 0.655. The molecule has 1 saturated carbocycles. The number of rotatable bonds is 8. The fourth-order valence-corrected chi connectivity index (χ4v) is 4.86. The van der Waals surface area contributed by atoms with Crippen molar-refractivity contribution in [3.05, 3.63) is 34.9 Å². The Kier molecular flexibility index (Phi) is 10.3. The van der Waals surface area contributed by atoms with Gasteiger partial charge in [0, 0.05) is 11.6 Å². The highest BCUT2D eigenvalue weighted by atomic mass is 16.6. The van der Waals surface area contributed by atoms with Gasteiger partial charge in [-0.3, -0.25) is 14.4 Å². The van der Waals surface area contributed by atoms with Crippen LogP contribution in [-0.2, 0) is 19.1 Å². The van der Waals surface area contributed by atoms with Gasteiger partial charge in [0.2, 0.25) is 17.7 Å². The summed E-state index contributed by atoms with van der Waals surface area (Å²) < 4.78 is 5.34. The Morgan fingerprint density at radius 1 is 1.03 bits per heavy atom. The van der Waals surface area contributed by atoms with Crippen LogP contribution in [0.25, 0.3) is 0 Å². The average Bonchev–Trinajstić information content (AvgIpc) is 2.77. The number of nitrogens with two attached hydrogens (primary N) is 1. The molecule has 9 nitrogen and oxygen atoms in total. The van der Waals surface area contributed by atoms with Crippen molar-refractivity contribution in [2.45, 2.75) is 123 Å². The molecule has 9 heteroatoms. The van der Waals surface area contributed by atoms with Crippen LogP contribution in [-0.4, -0.2) is 51.9 Å². The van der Waals surface area contributed by atoms with Crippen molar-refractivity contribution in [3.63, 3.8) is 0 Å². The molecule has 4 amide bonds. The molecule has 38 heavy (non-hydrogen) atoms. The maximum atomic E-state index is 14.2. The van der Waals surface area contributed by atoms with E-state index >= 15 is 0 Å². The Morgan fingerprint density at radius 2 is 1.63 bits per heavy atom. The van der Waals surface area contributed by atoms with Gasteiger partial charge in [0.1, 0.15) is 17.7 Å². The van der Waals surface area contributed by atoms with Crippen molar-refractivity contribution >= 4 is 23.8 Å². The van der Waals surface area contributed by atoms with E-state index in [4.69, 9.17) is 10.5 Å². The molecule has 0 spiro atoms. The highest BCUT2D eigenvalue weighted by Gasteiger charge is 2.43. The smallest absolute Gasteiger partial charge is 0.408 e. The Labute approximate surface area is 227 Å². The summed E-state index contributed by atoms with van der Waals surface area (Å²) in [4.78, 5) is 54.3. The van der Waals surface area contributed by atoms with Gasteiger partial charge >= 0.3 is 6.09 Å². The van der Waals surface area contributed by atoms with E-state index < -0.39 is 47.6 Å². The molecule has 0 radical (unpaired) electrons. The predicted molar refractivity (Wildman–Crippen MR) is 147 cm³/mol. The van der Waals surface area contributed by atoms with Crippen molar-refractivity contribution in [1.82, 2.24) is 15.5 Å². The summed E-state index contributed by atoms with van der Waals surface area (Å²) in [6.45, 7) is 14.5. The monoisotopic (exact) mass is 530 g/mol. The minimum absolute atomic E-state index is 0.0297. The molecule has 1 aromatic rings. The van der Waals surface area contributed by atoms with E-state index in [-0.39, 0.29) is 11.9 Å². The third-order valence-electron chi connectivity index (χ3n) is 6.75. The summed E-state index contributed by atoms with van der Waals surface area (Å²) in [5.74, 6) is -1.64. The predicted octanol–water partition coefficient (Wildman–Crippen LogP) is 4.19. The number of ether oxygens (including phenoxy) is 1. The van der Waals surface area contributed by atoms with Gasteiger partial charge in [0.05, 0.1) is 6.42 Å². The Bertz CT molecular complexity index is 1020. The molecule has 1 aliphatic carbocycles. The van der Waals surface area contributed by atoms with Crippen LogP contribution in [0.2, 0.25) is 0 Å². The van der Waals surface area contributed by atoms with E-state index in [1.54, 1.807) is 20.8 Å². The maximum Gasteiger partial charge on any atom is 0.408 e. The van der Waals surface area contributed by atoms with Gasteiger partial charge in [-0.15, -0.1) is 0 Å². The Morgan fingerprint density at radius 3 is 2.16 bits per heavy atom. The average molecular weight is 531 g/mol. The molecule has 212 valence electrons. The third-order valence-corrected chi connectivity index (χ3v) is 6.75. The maximum absolute atomic E-state index is 14.2. The number of hydrogen-bond donors (Lipinski definition) is 3. The zero-order valence-corrected chi connectivity index (χ0v) is 24.3. The van der Waals surface area contributed by atoms with Gasteiger partial charge in [-0.2, -0.15) is 0 Å². The molecule has 2 rings (SSSR count). The Balaban J connectivity index is 2.58. The summed E-state index contributed by atoms with van der Waals surface area (Å²) in [6, 6.07) is 3.41. The number of carbonyl (C=O) groups is 4. The minimum atomic E-state index is -1.31. The summed E-state index contributed by atoms with van der Waals surface area (Å²) >= 11 is 0. The number of nitrogens with zero attached hydrogens (tertiary/aromatic N) is 1. The SMILES string of the molecule is Cc1cccc(C(C(=O)NC2CCCCC2)N(C(=O)C(CC(N)=O)NC(=O)OC(C)(C)C)C(C)(C)C)c1C. The van der Waals surface area contributed by atoms with Crippen molar-refractivity contribution in [1.29, 1.82) is 0 Å². The normalized spacial score (nSPS) is 16.2. The molecule has 2 unspecified atom stereocenters. The first-order valence-corrected chi connectivity index (χ1v) is 13.5. The van der Waals surface area contributed by atoms with Gasteiger partial charge in [-0.05, 0) is 84.9 Å². The van der Waals surface area contributed by atoms with E-state index in [2.05, 4.69) is 10.6 Å². The van der Waals surface area contributed by atoms with Crippen LogP contribution in [0.15, 0.2) is 18.2 Å². The molecule has 2 atom stereocenters. The lowest BCUT2D eigenvalue weighted by Crippen LogP contribution is -2.59. The van der Waals surface area contributed by atoms with E-state index in [1.165, 1.54) is 4.90 Å². The quantitative estimate of drug-likeness (QED) is 0.464. The van der Waals surface area contributed by atoms with Crippen LogP contribution in [0.3, 0.4) is 0 Å². The highest BCUT2D eigenvalue weighted by Crippen LogP contribution is 2.33. The molecule has 1 fully saturated rings. The second-order valence-corrected chi connectivity index (χ2v) is 12.3. The van der Waals surface area contributed by atoms with Crippen molar-refractivity contribution < 1.29 is 23.9 Å². The van der Waals surface area contributed by atoms with Crippen LogP contribution >= 0.6 is 0 Å². The second-order valence-electron chi connectivity index (χ2n) is 12.3. The molecule has 1 aliphatic rings. The molecule has 0 heterocycles. The number of primary amides is 1. The third kappa shape index (κ3) is 8.74. The highest BCUT2D eigenvalue weighted by molar-refractivity contribution is 5.95. The molecule has 1 aromatic carbocycles. The topological polar surface area (TPSA) is 131 Å². The molecule has 4 N–H and O–H groups in total. The first-order valence-electron chi connectivity index (χ1n) is 13.5. The lowest BCUT2D eigenvalue weighted by molar-refractivity contribution is -0.149. The lowest BCUT2D eigenvalue weighted by Gasteiger charge is -2.44. The van der Waals surface area contributed by atoms with Gasteiger partial charge < -0.3 is 26.0 Å². The van der Waals surface area contributed by atoms with E-state index in [9.17, 15) is 19.2 Å². The van der Waals surface area contributed by atoms with Crippen LogP contribution < -0.4 is 16.4 Å². The van der Waals surface area contributed by atoms with Crippen LogP contribution in [0.4, 0.5) is 4.79 Å². The molecular formula is C29H46N4O5. The number of carbonyl (C=O) groups excluding carboxylic acids is 4. The number of nitrogens with one attached hydrogen (secondary N) is 2. The van der Waals surface area contributed by atoms with Gasteiger partial charge in [-0.25, -0.2) is 4.79 Å². The molecule has 0 aliphatic heterocycles. The van der Waals surface area contributed by atoms with Gasteiger partial charge in [0.25, 0.3) is 0 Å². The summed E-state index contributed by atoms with van der Waals surface area (Å²) in [5, 5.41) is 5.71. The van der Waals surface area contributed by atoms with E-state index in [0.29, 0.717) is 5.56 Å². The summed E-state index contributed by atoms with van der Waals surface area (Å²) in [5.41, 5.74) is 6.38. The zero-order valence-electron chi connectivity index (χ0n) is 24.3. The van der Waals surface area contributed by atoms with Crippen LogP contribution in [0, 0.1) is 13.8 Å². The number of amides is 4. The van der Waals surface area contributed by atoms with Crippen molar-refractivity contribution in [3.8, 4) is 0 Å². The fourth-order valence-electron chi connectivity index (χ4n) is 4.86. The van der Waals surface area contributed by atoms with Crippen molar-refractivity contribution in [2.75, 3.05) is 0 Å². The molecule has 0 aromatic heterocycles. The van der Waals surface area contributed by atoms with Crippen molar-refractivity contribution in [2.24, 2.45) is 5.73 Å². The minimum Gasteiger partial charge on any atom is -0.444 e. The first-order chi connectivity index (χ1) is 17.5. The van der Waals surface area contributed by atoms with E-state index in [0.717, 1.165) is 43.2 Å². The number of benzene rings is 1. The van der Waals surface area contributed by atoms with Gasteiger partial charge in [-0.1, -0.05) is 37.5 Å². The molecular weight excluding hydrogens is 484 g/mol. The van der Waals surface area contributed by atoms with E-state index in [1.807, 2.05) is 52.8 Å². The zero-order chi connectivity index (χ0) is 28.8. The molecule has 0 saturated heterocycles. The number of aryl methyl sites for hydroxylation is 1. The first kappa shape index (κ1) is 31.1. The summed E-state index contributed by atoms with van der Waals surface area (Å²) in [7, 11) is 0. The number of hydrogen-bond acceptors (Lipinski definition) is 5. The van der Waals surface area contributed by atoms with Crippen LogP contribution in [0.5, 0.6) is 0 Å². The second kappa shape index (κ2) is 12.6. The largest absolute Gasteiger partial charge is 0.444 e. The molecule has 0 bridgehead atoms. The Hall–Kier alpha value is -3.10.